The first-order valence-electron chi connectivity index (χ1n) is 24.1. The maximum absolute atomic E-state index is 2.29. The molecular formula is C64H80N4+4. The van der Waals surface area contributed by atoms with E-state index >= 15 is 0 Å². The van der Waals surface area contributed by atoms with Crippen LogP contribution in [-0.4, -0.2) is 0 Å². The summed E-state index contributed by atoms with van der Waals surface area (Å²) in [6.45, 7) is 34.7. The van der Waals surface area contributed by atoms with E-state index in [9.17, 15) is 0 Å². The zero-order valence-corrected chi connectivity index (χ0v) is 45.3. The summed E-state index contributed by atoms with van der Waals surface area (Å²) in [4.78, 5) is 0. The Hall–Kier alpha value is -6.52. The second kappa shape index (κ2) is 22.5. The smallest absolute Gasteiger partial charge is 0.201 e. The van der Waals surface area contributed by atoms with Gasteiger partial charge in [-0.2, -0.15) is 0 Å². The van der Waals surface area contributed by atoms with Crippen molar-refractivity contribution in [2.24, 2.45) is 28.2 Å². The van der Waals surface area contributed by atoms with Crippen molar-refractivity contribution in [1.29, 1.82) is 0 Å². The Labute approximate surface area is 411 Å². The van der Waals surface area contributed by atoms with Gasteiger partial charge in [-0.15, -0.1) is 0 Å². The second-order valence-electron chi connectivity index (χ2n) is 19.8. The standard InChI is InChI=1S/C17H22N.2C16H20N.C15H18N/c1-11-7-13(3)15(5)16(8-11)17-9-12(2)14(4)10-18(17)6;1-11-6-7-16(17(5)10-11)15-9-13(3)12(2)8-14(15)4;1-11-6-7-16(17(5)10-11)15-9-12(2)8-13(3)14(15)4;1-11-9-12(2)13(3)14(10-11)15-7-5-6-8-16(15)4/h7-10H,1-6H3;2*6-10H,1-5H3;5-10H,1-4H3/q4*+1. The first kappa shape index (κ1) is 52.4. The van der Waals surface area contributed by atoms with Gasteiger partial charge >= 0.3 is 0 Å². The van der Waals surface area contributed by atoms with Gasteiger partial charge in [-0.25, -0.2) is 18.3 Å². The van der Waals surface area contributed by atoms with Gasteiger partial charge in [0.15, 0.2) is 24.8 Å². The molecule has 0 saturated heterocycles. The van der Waals surface area contributed by atoms with Gasteiger partial charge in [-0.3, -0.25) is 0 Å². The van der Waals surface area contributed by atoms with Crippen LogP contribution in [0.3, 0.4) is 0 Å². The molecule has 0 aliphatic carbocycles. The molecule has 0 aliphatic heterocycles. The van der Waals surface area contributed by atoms with Crippen LogP contribution in [0.1, 0.15) is 89.0 Å². The third-order valence-electron chi connectivity index (χ3n) is 13.7. The lowest BCUT2D eigenvalue weighted by Crippen LogP contribution is -2.31. The van der Waals surface area contributed by atoms with Crippen LogP contribution in [0, 0.1) is 111 Å². The minimum Gasteiger partial charge on any atom is -0.201 e. The Morgan fingerprint density at radius 1 is 0.250 bits per heavy atom. The number of aromatic nitrogens is 4. The third-order valence-corrected chi connectivity index (χ3v) is 13.7. The minimum absolute atomic E-state index is 1.27. The highest BCUT2D eigenvalue weighted by molar-refractivity contribution is 5.67. The van der Waals surface area contributed by atoms with E-state index in [2.05, 4.69) is 279 Å². The van der Waals surface area contributed by atoms with Crippen molar-refractivity contribution < 1.29 is 18.3 Å². The molecule has 0 unspecified atom stereocenters. The Balaban J connectivity index is 0.000000170. The van der Waals surface area contributed by atoms with Gasteiger partial charge in [0.25, 0.3) is 0 Å². The molecule has 0 saturated carbocycles. The van der Waals surface area contributed by atoms with E-state index in [1.54, 1.807) is 0 Å². The van der Waals surface area contributed by atoms with Crippen molar-refractivity contribution in [1.82, 2.24) is 0 Å². The monoisotopic (exact) mass is 905 g/mol. The van der Waals surface area contributed by atoms with Crippen LogP contribution in [-0.2, 0) is 28.2 Å². The van der Waals surface area contributed by atoms with Gasteiger partial charge in [0.05, 0.1) is 0 Å². The van der Waals surface area contributed by atoms with Crippen LogP contribution in [0.2, 0.25) is 0 Å². The zero-order chi connectivity index (χ0) is 50.3. The van der Waals surface area contributed by atoms with Gasteiger partial charge in [0.1, 0.15) is 28.2 Å². The second-order valence-corrected chi connectivity index (χ2v) is 19.8. The summed E-state index contributed by atoms with van der Waals surface area (Å²) in [5, 5.41) is 0. The average molecular weight is 905 g/mol. The maximum atomic E-state index is 2.29. The topological polar surface area (TPSA) is 15.5 Å². The number of rotatable bonds is 4. The fourth-order valence-electron chi connectivity index (χ4n) is 9.16. The first-order chi connectivity index (χ1) is 32.0. The number of nitrogens with zero attached hydrogens (tertiary/aromatic N) is 4. The molecule has 0 atom stereocenters. The molecule has 0 bridgehead atoms. The van der Waals surface area contributed by atoms with E-state index < -0.39 is 0 Å². The molecular weight excluding hydrogens is 825 g/mol. The predicted octanol–water partition coefficient (Wildman–Crippen LogP) is 13.6. The van der Waals surface area contributed by atoms with Gasteiger partial charge in [0.2, 0.25) is 22.8 Å². The highest BCUT2D eigenvalue weighted by Crippen LogP contribution is 2.28. The zero-order valence-electron chi connectivity index (χ0n) is 45.3. The molecule has 0 N–H and O–H groups in total. The van der Waals surface area contributed by atoms with Crippen LogP contribution < -0.4 is 18.3 Å². The lowest BCUT2D eigenvalue weighted by Gasteiger charge is -2.10. The number of aryl methyl sites for hydroxylation is 17. The Morgan fingerprint density at radius 2 is 0.632 bits per heavy atom. The van der Waals surface area contributed by atoms with Gasteiger partial charge < -0.3 is 0 Å². The molecule has 0 aliphatic rings. The number of hydrogen-bond acceptors (Lipinski definition) is 0. The summed E-state index contributed by atoms with van der Waals surface area (Å²) in [6, 6.07) is 35.5. The van der Waals surface area contributed by atoms with E-state index in [-0.39, 0.29) is 0 Å². The molecule has 0 radical (unpaired) electrons. The maximum Gasteiger partial charge on any atom is 0.212 e. The summed E-state index contributed by atoms with van der Waals surface area (Å²) < 4.78 is 8.80. The van der Waals surface area contributed by atoms with E-state index in [4.69, 9.17) is 0 Å². The summed E-state index contributed by atoms with van der Waals surface area (Å²) >= 11 is 0. The Kier molecular flexibility index (Phi) is 17.4. The van der Waals surface area contributed by atoms with Gasteiger partial charge in [-0.1, -0.05) is 41.0 Å². The van der Waals surface area contributed by atoms with Crippen molar-refractivity contribution in [2.45, 2.75) is 111 Å². The molecule has 4 heterocycles. The molecule has 4 heteroatoms. The van der Waals surface area contributed by atoms with Crippen molar-refractivity contribution >= 4 is 0 Å². The molecule has 68 heavy (non-hydrogen) atoms. The van der Waals surface area contributed by atoms with Crippen LogP contribution in [0.15, 0.2) is 122 Å². The lowest BCUT2D eigenvalue weighted by atomic mass is 9.96. The van der Waals surface area contributed by atoms with Crippen molar-refractivity contribution in [3.63, 3.8) is 0 Å². The summed E-state index contributed by atoms with van der Waals surface area (Å²) in [5.74, 6) is 0. The lowest BCUT2D eigenvalue weighted by molar-refractivity contribution is -0.660. The SMILES string of the molecule is Cc1cc(C)c(C)c(-c2cc(C)c(C)c[n+]2C)c1.Cc1cc(C)c(C)c(-c2ccc(C)c[n+]2C)c1.Cc1cc(C)c(C)c(-c2cccc[n+]2C)c1.Cc1ccc(-c2cc(C)c(C)cc2C)[n+](C)c1. The van der Waals surface area contributed by atoms with E-state index in [0.29, 0.717) is 0 Å². The highest BCUT2D eigenvalue weighted by atomic mass is 14.9. The number of benzene rings is 4. The fraction of sp³-hybridized carbons (Fsp3) is 0.312. The molecule has 0 fully saturated rings. The molecule has 8 rings (SSSR count). The first-order valence-corrected chi connectivity index (χ1v) is 24.1. The molecule has 4 aromatic carbocycles. The summed E-state index contributed by atoms with van der Waals surface area (Å²) in [7, 11) is 8.43. The summed E-state index contributed by atoms with van der Waals surface area (Å²) in [5.41, 5.74) is 32.0. The normalized spacial score (nSPS) is 10.6. The average Bonchev–Trinajstić information content (AvgIpc) is 3.26. The third kappa shape index (κ3) is 12.7. The predicted molar refractivity (Wildman–Crippen MR) is 288 cm³/mol. The molecule has 0 amide bonds. The van der Waals surface area contributed by atoms with Crippen molar-refractivity contribution in [2.75, 3.05) is 0 Å². The molecule has 352 valence electrons. The largest absolute Gasteiger partial charge is 0.212 e. The summed E-state index contributed by atoms with van der Waals surface area (Å²) in [6.07, 6.45) is 8.64. The van der Waals surface area contributed by atoms with Crippen molar-refractivity contribution in [3.05, 3.63) is 211 Å². The van der Waals surface area contributed by atoms with Gasteiger partial charge in [0, 0.05) is 69.3 Å². The minimum atomic E-state index is 1.27. The van der Waals surface area contributed by atoms with Crippen LogP contribution >= 0.6 is 0 Å². The van der Waals surface area contributed by atoms with Crippen LogP contribution in [0.5, 0.6) is 0 Å². The Morgan fingerprint density at radius 3 is 1.07 bits per heavy atom. The highest BCUT2D eigenvalue weighted by Gasteiger charge is 2.18. The van der Waals surface area contributed by atoms with Crippen LogP contribution in [0.4, 0.5) is 0 Å². The van der Waals surface area contributed by atoms with E-state index in [1.807, 2.05) is 0 Å². The molecule has 8 aromatic rings. The molecule has 0 spiro atoms. The van der Waals surface area contributed by atoms with E-state index in [0.717, 1.165) is 0 Å². The van der Waals surface area contributed by atoms with E-state index in [1.165, 1.54) is 134 Å². The van der Waals surface area contributed by atoms with Crippen molar-refractivity contribution in [3.8, 4) is 45.0 Å². The molecule has 4 aromatic heterocycles. The Bertz CT molecular complexity index is 3110. The molecule has 4 nitrogen and oxygen atoms in total. The number of pyridine rings is 4. The van der Waals surface area contributed by atoms with Crippen LogP contribution in [0.25, 0.3) is 45.0 Å². The van der Waals surface area contributed by atoms with Gasteiger partial charge in [-0.05, 0) is 209 Å². The quantitative estimate of drug-likeness (QED) is 0.156. The fourth-order valence-corrected chi connectivity index (χ4v) is 9.16. The number of hydrogen-bond donors (Lipinski definition) is 0.